The molecule has 0 aliphatic carbocycles. The highest BCUT2D eigenvalue weighted by Gasteiger charge is 2.12. The molecule has 106 valence electrons. The Balaban J connectivity index is 2.08. The van der Waals surface area contributed by atoms with E-state index in [1.807, 2.05) is 0 Å². The highest BCUT2D eigenvalue weighted by Crippen LogP contribution is 2.26. The SMILES string of the molecule is Nc1ccc2c(Nc3cc(F)c(F)cc3F)ncnc2c1. The zero-order valence-corrected chi connectivity index (χ0v) is 10.6. The van der Waals surface area contributed by atoms with Crippen LogP contribution in [0.25, 0.3) is 10.9 Å². The summed E-state index contributed by atoms with van der Waals surface area (Å²) in [6.07, 6.45) is 1.27. The van der Waals surface area contributed by atoms with Crippen molar-refractivity contribution in [1.29, 1.82) is 0 Å². The lowest BCUT2D eigenvalue weighted by atomic mass is 10.2. The van der Waals surface area contributed by atoms with E-state index in [-0.39, 0.29) is 11.5 Å². The van der Waals surface area contributed by atoms with Crippen LogP contribution in [0.3, 0.4) is 0 Å². The first kappa shape index (κ1) is 13.2. The summed E-state index contributed by atoms with van der Waals surface area (Å²) in [5.74, 6) is -3.05. The fourth-order valence-corrected chi connectivity index (χ4v) is 1.92. The van der Waals surface area contributed by atoms with Crippen LogP contribution in [-0.2, 0) is 0 Å². The number of nitrogen functional groups attached to an aromatic ring is 1. The van der Waals surface area contributed by atoms with Gasteiger partial charge in [-0.15, -0.1) is 0 Å². The second-order valence-corrected chi connectivity index (χ2v) is 4.37. The van der Waals surface area contributed by atoms with Gasteiger partial charge in [0, 0.05) is 23.2 Å². The van der Waals surface area contributed by atoms with Crippen molar-refractivity contribution in [2.45, 2.75) is 0 Å². The zero-order valence-electron chi connectivity index (χ0n) is 10.6. The molecule has 7 heteroatoms. The molecule has 0 fully saturated rings. The number of hydrogen-bond donors (Lipinski definition) is 2. The van der Waals surface area contributed by atoms with Gasteiger partial charge >= 0.3 is 0 Å². The maximum Gasteiger partial charge on any atom is 0.161 e. The van der Waals surface area contributed by atoms with Crippen LogP contribution in [0, 0.1) is 17.5 Å². The third kappa shape index (κ3) is 2.45. The lowest BCUT2D eigenvalue weighted by molar-refractivity contribution is 0.496. The number of rotatable bonds is 2. The largest absolute Gasteiger partial charge is 0.399 e. The van der Waals surface area contributed by atoms with Crippen molar-refractivity contribution in [3.63, 3.8) is 0 Å². The van der Waals surface area contributed by atoms with E-state index in [1.54, 1.807) is 18.2 Å². The van der Waals surface area contributed by atoms with Gasteiger partial charge in [-0.1, -0.05) is 0 Å². The molecule has 2 aromatic carbocycles. The minimum atomic E-state index is -1.25. The van der Waals surface area contributed by atoms with Crippen LogP contribution in [0.4, 0.5) is 30.4 Å². The maximum absolute atomic E-state index is 13.6. The van der Waals surface area contributed by atoms with Gasteiger partial charge in [0.25, 0.3) is 0 Å². The topological polar surface area (TPSA) is 63.8 Å². The molecule has 3 N–H and O–H groups in total. The fourth-order valence-electron chi connectivity index (χ4n) is 1.92. The van der Waals surface area contributed by atoms with Gasteiger partial charge in [-0.2, -0.15) is 0 Å². The zero-order chi connectivity index (χ0) is 15.0. The van der Waals surface area contributed by atoms with Crippen molar-refractivity contribution in [3.05, 3.63) is 54.1 Å². The molecule has 0 unspecified atom stereocenters. The molecule has 3 rings (SSSR count). The van der Waals surface area contributed by atoms with E-state index in [1.165, 1.54) is 6.33 Å². The molecule has 0 amide bonds. The van der Waals surface area contributed by atoms with Crippen LogP contribution < -0.4 is 11.1 Å². The highest BCUT2D eigenvalue weighted by molar-refractivity contribution is 5.92. The maximum atomic E-state index is 13.6. The molecule has 0 atom stereocenters. The molecule has 21 heavy (non-hydrogen) atoms. The second kappa shape index (κ2) is 4.93. The number of nitrogens with one attached hydrogen (secondary N) is 1. The van der Waals surface area contributed by atoms with Gasteiger partial charge in [0.15, 0.2) is 11.6 Å². The Kier molecular flexibility index (Phi) is 3.09. The summed E-state index contributed by atoms with van der Waals surface area (Å²) in [5.41, 5.74) is 6.51. The molecule has 0 saturated heterocycles. The Morgan fingerprint density at radius 1 is 0.905 bits per heavy atom. The Hall–Kier alpha value is -2.83. The molecule has 3 aromatic rings. The van der Waals surface area contributed by atoms with Gasteiger partial charge in [-0.05, 0) is 18.2 Å². The van der Waals surface area contributed by atoms with E-state index < -0.39 is 17.5 Å². The highest BCUT2D eigenvalue weighted by atomic mass is 19.2. The number of nitrogens with zero attached hydrogens (tertiary/aromatic N) is 2. The second-order valence-electron chi connectivity index (χ2n) is 4.37. The Morgan fingerprint density at radius 2 is 1.67 bits per heavy atom. The monoisotopic (exact) mass is 290 g/mol. The van der Waals surface area contributed by atoms with Crippen molar-refractivity contribution < 1.29 is 13.2 Å². The van der Waals surface area contributed by atoms with E-state index in [4.69, 9.17) is 5.73 Å². The Bertz CT molecular complexity index is 836. The van der Waals surface area contributed by atoms with Gasteiger partial charge in [0.2, 0.25) is 0 Å². The standard InChI is InChI=1S/C14H9F3N4/c15-9-4-11(17)13(5-10(9)16)21-14-8-2-1-7(18)3-12(8)19-6-20-14/h1-6H,18H2,(H,19,20,21). The van der Waals surface area contributed by atoms with Crippen molar-refractivity contribution in [2.75, 3.05) is 11.1 Å². The third-order valence-electron chi connectivity index (χ3n) is 2.92. The van der Waals surface area contributed by atoms with Gasteiger partial charge in [-0.25, -0.2) is 23.1 Å². The summed E-state index contributed by atoms with van der Waals surface area (Å²) in [7, 11) is 0. The first-order valence-electron chi connectivity index (χ1n) is 5.96. The number of halogens is 3. The summed E-state index contributed by atoms with van der Waals surface area (Å²) < 4.78 is 39.8. The van der Waals surface area contributed by atoms with Crippen molar-refractivity contribution in [3.8, 4) is 0 Å². The summed E-state index contributed by atoms with van der Waals surface area (Å²) >= 11 is 0. The fraction of sp³-hybridized carbons (Fsp3) is 0. The van der Waals surface area contributed by atoms with E-state index >= 15 is 0 Å². The number of hydrogen-bond acceptors (Lipinski definition) is 4. The number of anilines is 3. The summed E-state index contributed by atoms with van der Waals surface area (Å²) in [6.45, 7) is 0. The molecular formula is C14H9F3N4. The number of nitrogens with two attached hydrogens (primary N) is 1. The number of fused-ring (bicyclic) bond motifs is 1. The summed E-state index contributed by atoms with van der Waals surface area (Å²) in [5, 5.41) is 3.21. The molecule has 0 spiro atoms. The molecule has 0 bridgehead atoms. The number of benzene rings is 2. The molecule has 4 nitrogen and oxygen atoms in total. The molecule has 1 aromatic heterocycles. The molecule has 0 aliphatic rings. The quantitative estimate of drug-likeness (QED) is 0.561. The van der Waals surface area contributed by atoms with Crippen LogP contribution in [-0.4, -0.2) is 9.97 Å². The average molecular weight is 290 g/mol. The van der Waals surface area contributed by atoms with Crippen LogP contribution in [0.1, 0.15) is 0 Å². The Morgan fingerprint density at radius 3 is 2.48 bits per heavy atom. The predicted molar refractivity (Wildman–Crippen MR) is 73.5 cm³/mol. The van der Waals surface area contributed by atoms with E-state index in [0.29, 0.717) is 22.7 Å². The lowest BCUT2D eigenvalue weighted by Crippen LogP contribution is -2.00. The molecule has 1 heterocycles. The first-order chi connectivity index (χ1) is 10.0. The predicted octanol–water partition coefficient (Wildman–Crippen LogP) is 3.37. The van der Waals surface area contributed by atoms with Crippen LogP contribution in [0.15, 0.2) is 36.7 Å². The average Bonchev–Trinajstić information content (AvgIpc) is 2.44. The Labute approximate surface area is 117 Å². The molecule has 0 saturated carbocycles. The van der Waals surface area contributed by atoms with Crippen molar-refractivity contribution in [1.82, 2.24) is 9.97 Å². The third-order valence-corrected chi connectivity index (χ3v) is 2.92. The number of aromatic nitrogens is 2. The smallest absolute Gasteiger partial charge is 0.161 e. The minimum Gasteiger partial charge on any atom is -0.399 e. The first-order valence-corrected chi connectivity index (χ1v) is 5.96. The van der Waals surface area contributed by atoms with E-state index in [9.17, 15) is 13.2 Å². The summed E-state index contributed by atoms with van der Waals surface area (Å²) in [4.78, 5) is 8.02. The lowest BCUT2D eigenvalue weighted by Gasteiger charge is -2.10. The van der Waals surface area contributed by atoms with Crippen molar-refractivity contribution in [2.24, 2.45) is 0 Å². The normalized spacial score (nSPS) is 10.8. The molecule has 0 aliphatic heterocycles. The molecule has 0 radical (unpaired) electrons. The minimum absolute atomic E-state index is 0.217. The summed E-state index contributed by atoms with van der Waals surface area (Å²) in [6, 6.07) is 6.13. The van der Waals surface area contributed by atoms with Crippen LogP contribution in [0.5, 0.6) is 0 Å². The van der Waals surface area contributed by atoms with Gasteiger partial charge in [0.1, 0.15) is 18.0 Å². The van der Waals surface area contributed by atoms with Gasteiger partial charge < -0.3 is 11.1 Å². The van der Waals surface area contributed by atoms with Gasteiger partial charge in [-0.3, -0.25) is 0 Å². The van der Waals surface area contributed by atoms with E-state index in [2.05, 4.69) is 15.3 Å². The van der Waals surface area contributed by atoms with Gasteiger partial charge in [0.05, 0.1) is 11.2 Å². The van der Waals surface area contributed by atoms with Crippen molar-refractivity contribution >= 4 is 28.1 Å². The molecular weight excluding hydrogens is 281 g/mol. The van der Waals surface area contributed by atoms with Crippen LogP contribution >= 0.6 is 0 Å². The van der Waals surface area contributed by atoms with Crippen LogP contribution in [0.2, 0.25) is 0 Å². The van der Waals surface area contributed by atoms with E-state index in [0.717, 1.165) is 6.07 Å².